The molecule has 1 amide bonds. The van der Waals surface area contributed by atoms with Gasteiger partial charge in [0.25, 0.3) is 0 Å². The van der Waals surface area contributed by atoms with Gasteiger partial charge in [0.15, 0.2) is 6.29 Å². The molecule has 9 nitrogen and oxygen atoms in total. The summed E-state index contributed by atoms with van der Waals surface area (Å²) in [6.45, 7) is 19.0. The molecule has 0 aromatic heterocycles. The third-order valence-electron chi connectivity index (χ3n) is 17.6. The van der Waals surface area contributed by atoms with Gasteiger partial charge in [0.1, 0.15) is 6.10 Å². The molecule has 8 rings (SSSR count). The lowest BCUT2D eigenvalue weighted by molar-refractivity contribution is -0.248. The van der Waals surface area contributed by atoms with Crippen LogP contribution in [0.15, 0.2) is 0 Å². The fourth-order valence-corrected chi connectivity index (χ4v) is 14.8. The minimum Gasteiger partial charge on any atom is -0.390 e. The van der Waals surface area contributed by atoms with Crippen LogP contribution in [0.5, 0.6) is 0 Å². The normalized spacial score (nSPS) is 51.1. The Morgan fingerprint density at radius 1 is 0.960 bits per heavy atom. The zero-order chi connectivity index (χ0) is 35.8. The smallest absolute Gasteiger partial charge is 0.226 e. The first kappa shape index (κ1) is 36.2. The first-order valence-corrected chi connectivity index (χ1v) is 20.4. The zero-order valence-electron chi connectivity index (χ0n) is 32.3. The molecule has 14 atom stereocenters. The van der Waals surface area contributed by atoms with E-state index in [1.165, 1.54) is 12.8 Å². The number of rotatable bonds is 5. The Morgan fingerprint density at radius 2 is 1.64 bits per heavy atom. The molecule has 3 saturated heterocycles. The topological polar surface area (TPSA) is 112 Å². The first-order chi connectivity index (χ1) is 23.4. The van der Waals surface area contributed by atoms with Crippen molar-refractivity contribution in [1.82, 2.24) is 9.80 Å². The number of fused-ring (bicyclic) bond motifs is 4. The summed E-state index contributed by atoms with van der Waals surface area (Å²) in [7, 11) is 2.14. The van der Waals surface area contributed by atoms with Crippen molar-refractivity contribution in [3.05, 3.63) is 0 Å². The Balaban J connectivity index is 0.982. The summed E-state index contributed by atoms with van der Waals surface area (Å²) in [5.74, 6) is 1.92. The lowest BCUT2D eigenvalue weighted by Gasteiger charge is -2.64. The Labute approximate surface area is 301 Å². The van der Waals surface area contributed by atoms with Gasteiger partial charge in [0.05, 0.1) is 43.2 Å². The van der Waals surface area contributed by atoms with E-state index in [2.05, 4.69) is 46.6 Å². The second kappa shape index (κ2) is 11.8. The van der Waals surface area contributed by atoms with Crippen molar-refractivity contribution in [1.29, 1.82) is 0 Å². The van der Waals surface area contributed by atoms with Gasteiger partial charge in [0.2, 0.25) is 5.91 Å². The molecule has 6 unspecified atom stereocenters. The number of hydrogen-bond donors (Lipinski definition) is 3. The van der Waals surface area contributed by atoms with Gasteiger partial charge < -0.3 is 39.3 Å². The van der Waals surface area contributed by atoms with Crippen molar-refractivity contribution >= 4 is 5.91 Å². The molecule has 0 radical (unpaired) electrons. The van der Waals surface area contributed by atoms with Crippen LogP contribution in [0.2, 0.25) is 0 Å². The van der Waals surface area contributed by atoms with Crippen LogP contribution in [-0.4, -0.2) is 113 Å². The molecule has 3 heterocycles. The Morgan fingerprint density at radius 3 is 2.34 bits per heavy atom. The lowest BCUT2D eigenvalue weighted by atomic mass is 9.41. The van der Waals surface area contributed by atoms with E-state index in [9.17, 15) is 20.1 Å². The first-order valence-electron chi connectivity index (χ1n) is 20.4. The Hall–Kier alpha value is -0.810. The summed E-state index contributed by atoms with van der Waals surface area (Å²) < 4.78 is 19.8. The molecule has 8 aliphatic rings. The van der Waals surface area contributed by atoms with E-state index < -0.39 is 23.9 Å². The predicted molar refractivity (Wildman–Crippen MR) is 190 cm³/mol. The van der Waals surface area contributed by atoms with Gasteiger partial charge in [0, 0.05) is 17.9 Å². The molecule has 2 spiro atoms. The summed E-state index contributed by atoms with van der Waals surface area (Å²) in [4.78, 5) is 17.8. The van der Waals surface area contributed by atoms with Crippen LogP contribution < -0.4 is 0 Å². The number of likely N-dealkylation sites (tertiary alicyclic amines) is 1. The molecule has 3 aliphatic heterocycles. The predicted octanol–water partition coefficient (Wildman–Crippen LogP) is 4.84. The number of piperidine rings is 1. The molecule has 5 aliphatic carbocycles. The summed E-state index contributed by atoms with van der Waals surface area (Å²) in [6, 6.07) is 0. The monoisotopic (exact) mass is 701 g/mol. The maximum Gasteiger partial charge on any atom is 0.226 e. The van der Waals surface area contributed by atoms with Crippen molar-refractivity contribution in [2.45, 2.75) is 155 Å². The number of ether oxygens (including phenoxy) is 3. The van der Waals surface area contributed by atoms with E-state index in [0.29, 0.717) is 43.9 Å². The van der Waals surface area contributed by atoms with Crippen LogP contribution in [0, 0.1) is 56.7 Å². The van der Waals surface area contributed by atoms with Gasteiger partial charge in [-0.25, -0.2) is 0 Å². The molecule has 0 aromatic rings. The molecule has 0 aromatic carbocycles. The number of carbonyl (C=O) groups excluding carboxylic acids is 1. The number of hydrogen-bond acceptors (Lipinski definition) is 8. The van der Waals surface area contributed by atoms with Gasteiger partial charge in [-0.3, -0.25) is 4.79 Å². The standard InChI is InChI=1S/C41H68N2O7/c1-24-21-26(33(44)37(4,5)47)49-32-31(24)38(6)15-16-41-23-40(41)14-11-29(36(2,3)27(40)9-10-28(41)39(38,7)34(32)45)50-30-22-43(19-20-48-30)35(46)25-12-17-42(8)18-13-25/h24-34,44-45,47H,9-23H2,1-8H3/t24-,26?,27+,28+,29+,30?,31?,32?,33+,34+,38-,39?,40-,41?/m1/s1. The fourth-order valence-electron chi connectivity index (χ4n) is 14.8. The minimum absolute atomic E-state index is 0.0155. The third-order valence-corrected chi connectivity index (χ3v) is 17.6. The van der Waals surface area contributed by atoms with Gasteiger partial charge in [-0.2, -0.15) is 0 Å². The zero-order valence-corrected chi connectivity index (χ0v) is 32.3. The summed E-state index contributed by atoms with van der Waals surface area (Å²) in [5, 5.41) is 34.2. The van der Waals surface area contributed by atoms with Gasteiger partial charge in [-0.15, -0.1) is 0 Å². The van der Waals surface area contributed by atoms with Gasteiger partial charge in [-0.05, 0) is 144 Å². The maximum atomic E-state index is 13.5. The number of amides is 1. The van der Waals surface area contributed by atoms with Crippen LogP contribution in [-0.2, 0) is 19.0 Å². The van der Waals surface area contributed by atoms with E-state index in [1.807, 2.05) is 4.90 Å². The van der Waals surface area contributed by atoms with E-state index in [0.717, 1.165) is 58.0 Å². The molecule has 284 valence electrons. The summed E-state index contributed by atoms with van der Waals surface area (Å²) >= 11 is 0. The van der Waals surface area contributed by atoms with Crippen LogP contribution in [0.3, 0.4) is 0 Å². The summed E-state index contributed by atoms with van der Waals surface area (Å²) in [6.07, 6.45) is 7.96. The van der Waals surface area contributed by atoms with Crippen molar-refractivity contribution in [3.63, 3.8) is 0 Å². The molecule has 5 saturated carbocycles. The van der Waals surface area contributed by atoms with Gasteiger partial charge >= 0.3 is 0 Å². The highest BCUT2D eigenvalue weighted by Crippen LogP contribution is 2.89. The number of carbonyl (C=O) groups is 1. The molecule has 0 bridgehead atoms. The minimum atomic E-state index is -1.26. The Kier molecular flexibility index (Phi) is 8.57. The molecular weight excluding hydrogens is 632 g/mol. The second-order valence-corrected chi connectivity index (χ2v) is 20.4. The largest absolute Gasteiger partial charge is 0.390 e. The van der Waals surface area contributed by atoms with Gasteiger partial charge in [-0.1, -0.05) is 34.6 Å². The van der Waals surface area contributed by atoms with Crippen LogP contribution >= 0.6 is 0 Å². The SMILES string of the molecule is C[C@@H]1CC([C@H](O)C(C)(C)O)OC2C1[C@@]1(C)CCC34C[C@@]35CC[C@H](OC3CN(C(=O)C6CCN(C)CC6)CCO3)C(C)(C)[C@@H]5CC[C@H]4C1(C)[C@H]2O. The number of morpholine rings is 1. The van der Waals surface area contributed by atoms with Crippen molar-refractivity contribution in [2.75, 3.05) is 39.8 Å². The van der Waals surface area contributed by atoms with Crippen molar-refractivity contribution < 1.29 is 34.3 Å². The highest BCUT2D eigenvalue weighted by atomic mass is 16.7. The van der Waals surface area contributed by atoms with Crippen LogP contribution in [0.25, 0.3) is 0 Å². The van der Waals surface area contributed by atoms with Crippen molar-refractivity contribution in [3.8, 4) is 0 Å². The molecule has 8 fully saturated rings. The second-order valence-electron chi connectivity index (χ2n) is 20.4. The highest BCUT2D eigenvalue weighted by Gasteiger charge is 2.84. The molecule has 3 N–H and O–H groups in total. The Bertz CT molecular complexity index is 1330. The average molecular weight is 701 g/mol. The number of aliphatic hydroxyl groups is 3. The average Bonchev–Trinajstić information content (AvgIpc) is 3.70. The lowest BCUT2D eigenvalue weighted by Crippen LogP contribution is -2.60. The van der Waals surface area contributed by atoms with Crippen LogP contribution in [0.1, 0.15) is 113 Å². The molecule has 50 heavy (non-hydrogen) atoms. The summed E-state index contributed by atoms with van der Waals surface area (Å²) in [5.41, 5.74) is -1.06. The van der Waals surface area contributed by atoms with E-state index in [1.54, 1.807) is 13.8 Å². The van der Waals surface area contributed by atoms with E-state index in [4.69, 9.17) is 14.2 Å². The maximum absolute atomic E-state index is 13.5. The van der Waals surface area contributed by atoms with E-state index in [-0.39, 0.29) is 63.3 Å². The number of nitrogens with zero attached hydrogens (tertiary/aromatic N) is 2. The van der Waals surface area contributed by atoms with Crippen molar-refractivity contribution in [2.24, 2.45) is 56.7 Å². The quantitative estimate of drug-likeness (QED) is 0.374. The van der Waals surface area contributed by atoms with Crippen LogP contribution in [0.4, 0.5) is 0 Å². The molecular formula is C41H68N2O7. The number of aliphatic hydroxyl groups excluding tert-OH is 2. The molecule has 9 heteroatoms. The highest BCUT2D eigenvalue weighted by molar-refractivity contribution is 5.79. The third kappa shape index (κ3) is 4.91. The fraction of sp³-hybridized carbons (Fsp3) is 0.976. The van der Waals surface area contributed by atoms with E-state index >= 15 is 0 Å².